The molecule has 0 fully saturated rings. The molecule has 0 heterocycles. The molecule has 0 saturated heterocycles. The minimum absolute atomic E-state index is 0.0207. The maximum absolute atomic E-state index is 11.0. The summed E-state index contributed by atoms with van der Waals surface area (Å²) in [4.78, 5) is 13.1. The van der Waals surface area contributed by atoms with Gasteiger partial charge in [0.25, 0.3) is 0 Å². The van der Waals surface area contributed by atoms with Crippen molar-refractivity contribution in [1.82, 2.24) is 4.90 Å². The van der Waals surface area contributed by atoms with Gasteiger partial charge in [-0.25, -0.2) is 0 Å². The van der Waals surface area contributed by atoms with Crippen molar-refractivity contribution in [3.63, 3.8) is 0 Å². The Morgan fingerprint density at radius 3 is 2.93 bits per heavy atom. The summed E-state index contributed by atoms with van der Waals surface area (Å²) >= 11 is 0. The van der Waals surface area contributed by atoms with Crippen LogP contribution in [0.15, 0.2) is 23.8 Å². The van der Waals surface area contributed by atoms with Crippen molar-refractivity contribution in [2.75, 3.05) is 13.6 Å². The number of rotatable bonds is 6. The summed E-state index contributed by atoms with van der Waals surface area (Å²) in [7, 11) is 2.01. The lowest BCUT2D eigenvalue weighted by Crippen LogP contribution is -2.33. The van der Waals surface area contributed by atoms with E-state index in [-0.39, 0.29) is 6.04 Å². The minimum atomic E-state index is 0.0207. The second kappa shape index (κ2) is 6.57. The van der Waals surface area contributed by atoms with Crippen molar-refractivity contribution in [2.24, 2.45) is 0 Å². The third-order valence-electron chi connectivity index (χ3n) is 2.68. The number of likely N-dealkylation sites (N-methyl/N-ethyl adjacent to an activating group) is 1. The van der Waals surface area contributed by atoms with Crippen molar-refractivity contribution < 1.29 is 4.79 Å². The van der Waals surface area contributed by atoms with Crippen LogP contribution in [0.25, 0.3) is 0 Å². The number of allylic oxidation sites excluding steroid dienone is 3. The molecule has 1 atom stereocenters. The molecule has 15 heavy (non-hydrogen) atoms. The maximum Gasteiger partial charge on any atom is 0.137 e. The second-order valence-electron chi connectivity index (χ2n) is 4.00. The lowest BCUT2D eigenvalue weighted by atomic mass is 10.00. The molecule has 0 aliphatic heterocycles. The van der Waals surface area contributed by atoms with Crippen molar-refractivity contribution >= 4 is 6.29 Å². The summed E-state index contributed by atoms with van der Waals surface area (Å²) in [5, 5.41) is 0. The Balaban J connectivity index is 2.48. The first-order chi connectivity index (χ1) is 7.27. The quantitative estimate of drug-likeness (QED) is 0.622. The van der Waals surface area contributed by atoms with Crippen LogP contribution in [0.4, 0.5) is 0 Å². The first-order valence-corrected chi connectivity index (χ1v) is 5.62. The number of carbonyl (C=O) groups is 1. The van der Waals surface area contributed by atoms with Gasteiger partial charge in [-0.2, -0.15) is 0 Å². The van der Waals surface area contributed by atoms with Crippen molar-refractivity contribution in [2.45, 2.75) is 32.2 Å². The van der Waals surface area contributed by atoms with Gasteiger partial charge in [0.2, 0.25) is 0 Å². The predicted molar refractivity (Wildman–Crippen MR) is 63.5 cm³/mol. The van der Waals surface area contributed by atoms with E-state index < -0.39 is 0 Å². The Bertz CT molecular complexity index is 255. The number of aldehydes is 1. The highest BCUT2D eigenvalue weighted by molar-refractivity contribution is 5.58. The molecule has 0 aromatic rings. The van der Waals surface area contributed by atoms with E-state index in [0.29, 0.717) is 0 Å². The van der Waals surface area contributed by atoms with Crippen LogP contribution in [0.3, 0.4) is 0 Å². The molecule has 0 aromatic carbocycles. The predicted octanol–water partition coefficient (Wildman–Crippen LogP) is 2.38. The van der Waals surface area contributed by atoms with Crippen LogP contribution in [-0.4, -0.2) is 30.8 Å². The van der Waals surface area contributed by atoms with Crippen LogP contribution in [0.5, 0.6) is 0 Å². The average Bonchev–Trinajstić information content (AvgIpc) is 2.27. The molecular weight excluding hydrogens is 186 g/mol. The number of hydrogen-bond donors (Lipinski definition) is 0. The molecule has 0 bridgehead atoms. The van der Waals surface area contributed by atoms with Crippen LogP contribution in [-0.2, 0) is 4.79 Å². The summed E-state index contributed by atoms with van der Waals surface area (Å²) < 4.78 is 0. The van der Waals surface area contributed by atoms with Gasteiger partial charge in [0, 0.05) is 0 Å². The summed E-state index contributed by atoms with van der Waals surface area (Å²) in [6, 6.07) is 0.0207. The topological polar surface area (TPSA) is 20.3 Å². The first kappa shape index (κ1) is 12.2. The average molecular weight is 206 g/mol. The summed E-state index contributed by atoms with van der Waals surface area (Å²) in [5.74, 6) is 0. The molecule has 0 N–H and O–H groups in total. The van der Waals surface area contributed by atoms with Gasteiger partial charge < -0.3 is 4.79 Å². The summed E-state index contributed by atoms with van der Waals surface area (Å²) in [6.45, 7) is 3.11. The van der Waals surface area contributed by atoms with Gasteiger partial charge >= 0.3 is 0 Å². The largest absolute Gasteiger partial charge is 0.302 e. The Hall–Kier alpha value is -0.890. The third-order valence-corrected chi connectivity index (χ3v) is 2.68. The summed E-state index contributed by atoms with van der Waals surface area (Å²) in [5.41, 5.74) is 1.25. The molecular formula is C13H20NO. The van der Waals surface area contributed by atoms with E-state index in [4.69, 9.17) is 0 Å². The SMILES string of the molecule is CCCN(C)C(C=O)CC1=C[CH]CC=C1. The molecule has 1 radical (unpaired) electrons. The van der Waals surface area contributed by atoms with Gasteiger partial charge in [0.15, 0.2) is 0 Å². The van der Waals surface area contributed by atoms with Crippen molar-refractivity contribution in [1.29, 1.82) is 0 Å². The van der Waals surface area contributed by atoms with E-state index in [1.807, 2.05) is 7.05 Å². The van der Waals surface area contributed by atoms with E-state index in [9.17, 15) is 4.79 Å². The number of carbonyl (C=O) groups excluding carboxylic acids is 1. The first-order valence-electron chi connectivity index (χ1n) is 5.62. The van der Waals surface area contributed by atoms with Crippen LogP contribution in [0.1, 0.15) is 26.2 Å². The Labute approximate surface area is 92.7 Å². The molecule has 1 aliphatic carbocycles. The smallest absolute Gasteiger partial charge is 0.137 e. The second-order valence-corrected chi connectivity index (χ2v) is 4.00. The van der Waals surface area contributed by atoms with E-state index in [0.717, 1.165) is 32.1 Å². The molecule has 2 heteroatoms. The standard InChI is InChI=1S/C13H20NO/c1-3-9-14(2)13(11-15)10-12-7-5-4-6-8-12/h5-8,11,13H,3-4,9-10H2,1-2H3. The Morgan fingerprint density at radius 2 is 2.40 bits per heavy atom. The van der Waals surface area contributed by atoms with E-state index >= 15 is 0 Å². The molecule has 0 spiro atoms. The van der Waals surface area contributed by atoms with Crippen molar-refractivity contribution in [3.05, 3.63) is 30.2 Å². The van der Waals surface area contributed by atoms with Gasteiger partial charge in [0.1, 0.15) is 6.29 Å². The fourth-order valence-corrected chi connectivity index (χ4v) is 1.78. The summed E-state index contributed by atoms with van der Waals surface area (Å²) in [6.07, 6.45) is 12.5. The molecule has 83 valence electrons. The molecule has 0 amide bonds. The molecule has 1 unspecified atom stereocenters. The fourth-order valence-electron chi connectivity index (χ4n) is 1.78. The van der Waals surface area contributed by atoms with E-state index in [1.165, 1.54) is 5.57 Å². The van der Waals surface area contributed by atoms with Gasteiger partial charge in [-0.3, -0.25) is 4.90 Å². The normalized spacial score (nSPS) is 17.7. The van der Waals surface area contributed by atoms with Crippen LogP contribution in [0, 0.1) is 6.42 Å². The molecule has 0 saturated carbocycles. The zero-order valence-corrected chi connectivity index (χ0v) is 9.65. The monoisotopic (exact) mass is 206 g/mol. The molecule has 1 rings (SSSR count). The molecule has 0 aromatic heterocycles. The Morgan fingerprint density at radius 1 is 1.60 bits per heavy atom. The molecule has 1 aliphatic rings. The highest BCUT2D eigenvalue weighted by Gasteiger charge is 2.14. The molecule has 2 nitrogen and oxygen atoms in total. The van der Waals surface area contributed by atoms with E-state index in [1.54, 1.807) is 0 Å². The third kappa shape index (κ3) is 4.00. The lowest BCUT2D eigenvalue weighted by molar-refractivity contribution is -0.112. The van der Waals surface area contributed by atoms with Gasteiger partial charge in [0.05, 0.1) is 6.04 Å². The zero-order valence-electron chi connectivity index (χ0n) is 9.65. The maximum atomic E-state index is 11.0. The Kier molecular flexibility index (Phi) is 5.33. The highest BCUT2D eigenvalue weighted by Crippen LogP contribution is 2.16. The van der Waals surface area contributed by atoms with Gasteiger partial charge in [-0.15, -0.1) is 0 Å². The number of hydrogen-bond acceptors (Lipinski definition) is 2. The lowest BCUT2D eigenvalue weighted by Gasteiger charge is -2.23. The van der Waals surface area contributed by atoms with Gasteiger partial charge in [-0.05, 0) is 39.3 Å². The van der Waals surface area contributed by atoms with Crippen molar-refractivity contribution in [3.8, 4) is 0 Å². The fraction of sp³-hybridized carbons (Fsp3) is 0.538. The zero-order chi connectivity index (χ0) is 11.1. The van der Waals surface area contributed by atoms with Crippen LogP contribution >= 0.6 is 0 Å². The number of nitrogens with zero attached hydrogens (tertiary/aromatic N) is 1. The van der Waals surface area contributed by atoms with E-state index in [2.05, 4.69) is 36.5 Å². The minimum Gasteiger partial charge on any atom is -0.302 e. The van der Waals surface area contributed by atoms with Crippen LogP contribution in [0.2, 0.25) is 0 Å². The van der Waals surface area contributed by atoms with Gasteiger partial charge in [-0.1, -0.05) is 30.7 Å². The van der Waals surface area contributed by atoms with Crippen LogP contribution < -0.4 is 0 Å². The highest BCUT2D eigenvalue weighted by atomic mass is 16.1.